The van der Waals surface area contributed by atoms with E-state index in [1.807, 2.05) is 0 Å². The average molecular weight is 249 g/mol. The van der Waals surface area contributed by atoms with E-state index in [0.717, 1.165) is 0 Å². The Balaban J connectivity index is 2.64. The smallest absolute Gasteiger partial charge is 0.101 e. The van der Waals surface area contributed by atoms with Crippen LogP contribution in [0.5, 0.6) is 0 Å². The molecule has 1 heterocycles. The first-order valence-corrected chi connectivity index (χ1v) is 5.28. The fraction of sp³-hybridized carbons (Fsp3) is 0. The summed E-state index contributed by atoms with van der Waals surface area (Å²) in [4.78, 5) is 4.16. The second-order valence-electron chi connectivity index (χ2n) is 3.14. The van der Waals surface area contributed by atoms with Gasteiger partial charge in [-0.2, -0.15) is 5.26 Å². The van der Waals surface area contributed by atoms with Crippen molar-refractivity contribution in [2.45, 2.75) is 0 Å². The second kappa shape index (κ2) is 4.52. The maximum Gasteiger partial charge on any atom is 0.101 e. The van der Waals surface area contributed by atoms with Crippen LogP contribution in [0.4, 0.5) is 0 Å². The molecule has 0 aliphatic rings. The number of halogens is 2. The van der Waals surface area contributed by atoms with Gasteiger partial charge in [0.2, 0.25) is 0 Å². The van der Waals surface area contributed by atoms with Crippen LogP contribution < -0.4 is 0 Å². The Morgan fingerprint density at radius 3 is 2.69 bits per heavy atom. The van der Waals surface area contributed by atoms with Crippen LogP contribution in [-0.2, 0) is 0 Å². The monoisotopic (exact) mass is 248 g/mol. The number of hydrogen-bond acceptors (Lipinski definition) is 2. The van der Waals surface area contributed by atoms with Crippen molar-refractivity contribution in [3.05, 3.63) is 52.1 Å². The Morgan fingerprint density at radius 1 is 1.19 bits per heavy atom. The van der Waals surface area contributed by atoms with Crippen LogP contribution >= 0.6 is 23.2 Å². The molecule has 0 amide bonds. The molecule has 16 heavy (non-hydrogen) atoms. The van der Waals surface area contributed by atoms with Gasteiger partial charge in [0.25, 0.3) is 0 Å². The zero-order valence-corrected chi connectivity index (χ0v) is 9.63. The largest absolute Gasteiger partial charge is 0.255 e. The van der Waals surface area contributed by atoms with Crippen molar-refractivity contribution in [2.75, 3.05) is 0 Å². The zero-order chi connectivity index (χ0) is 11.5. The summed E-state index contributed by atoms with van der Waals surface area (Å²) in [6.07, 6.45) is 1.63. The Bertz CT molecular complexity index is 573. The molecule has 2 nitrogen and oxygen atoms in total. The van der Waals surface area contributed by atoms with E-state index < -0.39 is 0 Å². The normalized spacial score (nSPS) is 9.81. The van der Waals surface area contributed by atoms with Gasteiger partial charge in [-0.25, -0.2) is 0 Å². The van der Waals surface area contributed by atoms with Crippen molar-refractivity contribution < 1.29 is 0 Å². The van der Waals surface area contributed by atoms with Crippen LogP contribution in [0, 0.1) is 11.3 Å². The first-order chi connectivity index (χ1) is 7.72. The fourth-order valence-corrected chi connectivity index (χ4v) is 1.89. The van der Waals surface area contributed by atoms with Gasteiger partial charge in [-0.1, -0.05) is 23.2 Å². The number of nitrogens with zero attached hydrogens (tertiary/aromatic N) is 2. The van der Waals surface area contributed by atoms with E-state index in [9.17, 15) is 0 Å². The van der Waals surface area contributed by atoms with Crippen LogP contribution in [0.1, 0.15) is 5.56 Å². The number of pyridine rings is 1. The molecular weight excluding hydrogens is 243 g/mol. The predicted molar refractivity (Wildman–Crippen MR) is 64.4 cm³/mol. The highest BCUT2D eigenvalue weighted by molar-refractivity contribution is 6.36. The lowest BCUT2D eigenvalue weighted by atomic mass is 10.1. The van der Waals surface area contributed by atoms with E-state index in [1.54, 1.807) is 36.5 Å². The average Bonchev–Trinajstić information content (AvgIpc) is 2.29. The molecule has 1 aromatic heterocycles. The Labute approximate surface area is 103 Å². The van der Waals surface area contributed by atoms with Crippen molar-refractivity contribution in [2.24, 2.45) is 0 Å². The molecule has 0 aliphatic heterocycles. The van der Waals surface area contributed by atoms with Crippen molar-refractivity contribution in [1.82, 2.24) is 4.98 Å². The molecule has 0 saturated heterocycles. The molecule has 0 bridgehead atoms. The van der Waals surface area contributed by atoms with E-state index in [-0.39, 0.29) is 0 Å². The standard InChI is InChI=1S/C12H6Cl2N2/c13-9-3-4-10(11(14)6-9)12-8(7-15)2-1-5-16-12/h1-6H. The van der Waals surface area contributed by atoms with Crippen LogP contribution in [0.25, 0.3) is 11.3 Å². The maximum absolute atomic E-state index is 8.97. The molecule has 1 aromatic carbocycles. The molecule has 0 unspecified atom stereocenters. The van der Waals surface area contributed by atoms with Gasteiger partial charge in [0.1, 0.15) is 6.07 Å². The number of rotatable bonds is 1. The van der Waals surface area contributed by atoms with Crippen LogP contribution in [0.2, 0.25) is 10.0 Å². The summed E-state index contributed by atoms with van der Waals surface area (Å²) in [6.45, 7) is 0. The highest BCUT2D eigenvalue weighted by Gasteiger charge is 2.09. The molecule has 0 aliphatic carbocycles. The summed E-state index contributed by atoms with van der Waals surface area (Å²) in [5, 5.41) is 10.0. The van der Waals surface area contributed by atoms with E-state index in [4.69, 9.17) is 28.5 Å². The highest BCUT2D eigenvalue weighted by Crippen LogP contribution is 2.30. The van der Waals surface area contributed by atoms with Gasteiger partial charge >= 0.3 is 0 Å². The Morgan fingerprint density at radius 2 is 2.00 bits per heavy atom. The quantitative estimate of drug-likeness (QED) is 0.767. The third-order valence-corrected chi connectivity index (χ3v) is 2.66. The third-order valence-electron chi connectivity index (χ3n) is 2.11. The van der Waals surface area contributed by atoms with Gasteiger partial charge in [-0.15, -0.1) is 0 Å². The lowest BCUT2D eigenvalue weighted by molar-refractivity contribution is 1.30. The van der Waals surface area contributed by atoms with Gasteiger partial charge < -0.3 is 0 Å². The third kappa shape index (κ3) is 2.01. The second-order valence-corrected chi connectivity index (χ2v) is 3.98. The summed E-state index contributed by atoms with van der Waals surface area (Å²) >= 11 is 11.9. The van der Waals surface area contributed by atoms with Gasteiger partial charge in [-0.3, -0.25) is 4.98 Å². The molecule has 0 spiro atoms. The van der Waals surface area contributed by atoms with Gasteiger partial charge in [0.05, 0.1) is 16.3 Å². The van der Waals surface area contributed by atoms with Gasteiger partial charge in [0.15, 0.2) is 0 Å². The first kappa shape index (κ1) is 10.9. The molecule has 4 heteroatoms. The molecule has 0 N–H and O–H groups in total. The molecule has 0 saturated carbocycles. The minimum absolute atomic E-state index is 0.489. The van der Waals surface area contributed by atoms with Crippen molar-refractivity contribution >= 4 is 23.2 Å². The van der Waals surface area contributed by atoms with Crippen LogP contribution in [0.3, 0.4) is 0 Å². The zero-order valence-electron chi connectivity index (χ0n) is 8.11. The fourth-order valence-electron chi connectivity index (χ4n) is 1.39. The lowest BCUT2D eigenvalue weighted by Crippen LogP contribution is -1.89. The first-order valence-electron chi connectivity index (χ1n) is 4.53. The summed E-state index contributed by atoms with van der Waals surface area (Å²) in [5.41, 5.74) is 1.78. The van der Waals surface area contributed by atoms with Crippen LogP contribution in [0.15, 0.2) is 36.5 Å². The van der Waals surface area contributed by atoms with Crippen LogP contribution in [-0.4, -0.2) is 4.98 Å². The van der Waals surface area contributed by atoms with E-state index in [1.165, 1.54) is 0 Å². The topological polar surface area (TPSA) is 36.7 Å². The number of benzene rings is 1. The SMILES string of the molecule is N#Cc1cccnc1-c1ccc(Cl)cc1Cl. The molecule has 0 fully saturated rings. The Kier molecular flexibility index (Phi) is 3.09. The molecule has 0 atom stereocenters. The van der Waals surface area contributed by atoms with E-state index in [0.29, 0.717) is 26.9 Å². The summed E-state index contributed by atoms with van der Waals surface area (Å²) in [6, 6.07) is 10.6. The number of hydrogen-bond donors (Lipinski definition) is 0. The van der Waals surface area contributed by atoms with Crippen molar-refractivity contribution in [3.8, 4) is 17.3 Å². The number of aromatic nitrogens is 1. The van der Waals surface area contributed by atoms with Crippen molar-refractivity contribution in [3.63, 3.8) is 0 Å². The minimum Gasteiger partial charge on any atom is -0.255 e. The summed E-state index contributed by atoms with van der Waals surface area (Å²) in [5.74, 6) is 0. The predicted octanol–water partition coefficient (Wildman–Crippen LogP) is 3.93. The van der Waals surface area contributed by atoms with Gasteiger partial charge in [-0.05, 0) is 30.3 Å². The molecule has 2 aromatic rings. The van der Waals surface area contributed by atoms with E-state index >= 15 is 0 Å². The maximum atomic E-state index is 8.97. The van der Waals surface area contributed by atoms with E-state index in [2.05, 4.69) is 11.1 Å². The van der Waals surface area contributed by atoms with Crippen molar-refractivity contribution in [1.29, 1.82) is 5.26 Å². The summed E-state index contributed by atoms with van der Waals surface area (Å²) in [7, 11) is 0. The molecule has 2 rings (SSSR count). The number of nitriles is 1. The molecule has 0 radical (unpaired) electrons. The lowest BCUT2D eigenvalue weighted by Gasteiger charge is -2.05. The molecular formula is C12H6Cl2N2. The summed E-state index contributed by atoms with van der Waals surface area (Å²) < 4.78 is 0. The Hall–Kier alpha value is -1.56. The minimum atomic E-state index is 0.489. The molecule has 78 valence electrons. The highest BCUT2D eigenvalue weighted by atomic mass is 35.5. The van der Waals surface area contributed by atoms with Gasteiger partial charge in [0, 0.05) is 16.8 Å².